The molecule has 0 spiro atoms. The summed E-state index contributed by atoms with van der Waals surface area (Å²) < 4.78 is 4.69. The van der Waals surface area contributed by atoms with E-state index in [9.17, 15) is 14.4 Å². The molecule has 0 bridgehead atoms. The maximum absolute atomic E-state index is 11.7. The van der Waals surface area contributed by atoms with Crippen molar-refractivity contribution in [1.82, 2.24) is 15.5 Å². The molecule has 8 nitrogen and oxygen atoms in total. The van der Waals surface area contributed by atoms with Crippen molar-refractivity contribution in [2.75, 3.05) is 33.9 Å². The Labute approximate surface area is 105 Å². The number of hydrogen-bond acceptors (Lipinski definition) is 4. The number of carbonyl (C=O) groups excluding carboxylic acids is 2. The Balaban J connectivity index is 4.49. The number of carbonyl (C=O) groups is 3. The van der Waals surface area contributed by atoms with Crippen LogP contribution in [0.15, 0.2) is 0 Å². The van der Waals surface area contributed by atoms with Crippen LogP contribution >= 0.6 is 0 Å². The number of ether oxygens (including phenoxy) is 1. The molecule has 0 rings (SSSR count). The third kappa shape index (κ3) is 5.48. The van der Waals surface area contributed by atoms with Gasteiger partial charge in [0, 0.05) is 20.7 Å². The van der Waals surface area contributed by atoms with Crippen molar-refractivity contribution in [3.63, 3.8) is 0 Å². The highest BCUT2D eigenvalue weighted by atomic mass is 16.5. The van der Waals surface area contributed by atoms with Crippen LogP contribution in [0.5, 0.6) is 0 Å². The Morgan fingerprint density at radius 2 is 2.00 bits per heavy atom. The molecule has 0 saturated heterocycles. The first-order chi connectivity index (χ1) is 8.46. The smallest absolute Gasteiger partial charge is 0.328 e. The minimum Gasteiger partial charge on any atom is -0.480 e. The maximum Gasteiger partial charge on any atom is 0.328 e. The molecule has 0 aliphatic heterocycles. The molecule has 0 aliphatic rings. The quantitative estimate of drug-likeness (QED) is 0.537. The molecule has 0 aromatic rings. The summed E-state index contributed by atoms with van der Waals surface area (Å²) in [5, 5.41) is 13.5. The Morgan fingerprint density at radius 1 is 1.39 bits per heavy atom. The fourth-order valence-electron chi connectivity index (χ4n) is 1.16. The highest BCUT2D eigenvalue weighted by molar-refractivity contribution is 5.86. The van der Waals surface area contributed by atoms with Gasteiger partial charge in [0.25, 0.3) is 0 Å². The van der Waals surface area contributed by atoms with Crippen LogP contribution in [-0.4, -0.2) is 67.8 Å². The van der Waals surface area contributed by atoms with E-state index in [2.05, 4.69) is 15.4 Å². The second-order valence-corrected chi connectivity index (χ2v) is 3.48. The third-order valence-corrected chi connectivity index (χ3v) is 2.21. The first kappa shape index (κ1) is 16.2. The van der Waals surface area contributed by atoms with Crippen molar-refractivity contribution in [2.45, 2.75) is 13.0 Å². The van der Waals surface area contributed by atoms with Gasteiger partial charge >= 0.3 is 12.0 Å². The molecular formula is C10H19N3O5. The van der Waals surface area contributed by atoms with Gasteiger partial charge in [0.15, 0.2) is 6.04 Å². The number of nitrogens with zero attached hydrogens (tertiary/aromatic N) is 1. The standard InChI is InChI=1S/C10H19N3O5/c1-4-13(5-8(14)11-2)10(17)12-7(6-18-3)9(15)16/h7H,4-6H2,1-3H3,(H,11,14)(H,12,17)(H,15,16). The second kappa shape index (κ2) is 8.29. The Hall–Kier alpha value is -1.83. The lowest BCUT2D eigenvalue weighted by molar-refractivity contribution is -0.140. The number of amides is 3. The molecule has 0 aromatic heterocycles. The van der Waals surface area contributed by atoms with Crippen molar-refractivity contribution in [2.24, 2.45) is 0 Å². The maximum atomic E-state index is 11.7. The number of nitrogens with one attached hydrogen (secondary N) is 2. The van der Waals surface area contributed by atoms with Gasteiger partial charge in [-0.1, -0.05) is 0 Å². The molecular weight excluding hydrogens is 242 g/mol. The lowest BCUT2D eigenvalue weighted by Gasteiger charge is -2.22. The first-order valence-electron chi connectivity index (χ1n) is 5.44. The van der Waals surface area contributed by atoms with E-state index in [4.69, 9.17) is 5.11 Å². The molecule has 0 fully saturated rings. The number of rotatable bonds is 7. The lowest BCUT2D eigenvalue weighted by Crippen LogP contribution is -2.51. The second-order valence-electron chi connectivity index (χ2n) is 3.48. The van der Waals surface area contributed by atoms with Gasteiger partial charge < -0.3 is 25.4 Å². The zero-order valence-electron chi connectivity index (χ0n) is 10.7. The summed E-state index contributed by atoms with van der Waals surface area (Å²) in [5.41, 5.74) is 0. The van der Waals surface area contributed by atoms with E-state index in [1.807, 2.05) is 0 Å². The topological polar surface area (TPSA) is 108 Å². The van der Waals surface area contributed by atoms with Gasteiger partial charge in [0.05, 0.1) is 6.61 Å². The van der Waals surface area contributed by atoms with E-state index in [1.165, 1.54) is 19.1 Å². The molecule has 0 radical (unpaired) electrons. The van der Waals surface area contributed by atoms with Gasteiger partial charge in [0.2, 0.25) is 5.91 Å². The minimum atomic E-state index is -1.19. The van der Waals surface area contributed by atoms with Crippen LogP contribution < -0.4 is 10.6 Å². The molecule has 0 aliphatic carbocycles. The lowest BCUT2D eigenvalue weighted by atomic mass is 10.3. The summed E-state index contributed by atoms with van der Waals surface area (Å²) in [5.74, 6) is -1.52. The van der Waals surface area contributed by atoms with E-state index >= 15 is 0 Å². The number of methoxy groups -OCH3 is 1. The van der Waals surface area contributed by atoms with Crippen molar-refractivity contribution in [1.29, 1.82) is 0 Å². The Morgan fingerprint density at radius 3 is 2.39 bits per heavy atom. The van der Waals surface area contributed by atoms with E-state index in [0.29, 0.717) is 6.54 Å². The van der Waals surface area contributed by atoms with E-state index in [1.54, 1.807) is 6.92 Å². The van der Waals surface area contributed by atoms with Gasteiger partial charge in [-0.3, -0.25) is 4.79 Å². The zero-order chi connectivity index (χ0) is 14.1. The molecule has 1 atom stereocenters. The normalized spacial score (nSPS) is 11.5. The molecule has 104 valence electrons. The number of carboxylic acids is 1. The summed E-state index contributed by atoms with van der Waals surface area (Å²) >= 11 is 0. The first-order valence-corrected chi connectivity index (χ1v) is 5.44. The third-order valence-electron chi connectivity index (χ3n) is 2.21. The van der Waals surface area contributed by atoms with Crippen LogP contribution in [-0.2, 0) is 14.3 Å². The number of likely N-dealkylation sites (N-methyl/N-ethyl adjacent to an activating group) is 2. The van der Waals surface area contributed by atoms with Crippen LogP contribution in [0.3, 0.4) is 0 Å². The number of aliphatic carboxylic acids is 1. The molecule has 1 unspecified atom stereocenters. The monoisotopic (exact) mass is 261 g/mol. The van der Waals surface area contributed by atoms with Crippen LogP contribution in [0.1, 0.15) is 6.92 Å². The SMILES string of the molecule is CCN(CC(=O)NC)C(=O)NC(COC)C(=O)O. The molecule has 3 N–H and O–H groups in total. The van der Waals surface area contributed by atoms with Gasteiger partial charge in [-0.2, -0.15) is 0 Å². The number of urea groups is 1. The van der Waals surface area contributed by atoms with Crippen LogP contribution in [0.25, 0.3) is 0 Å². The summed E-state index contributed by atoms with van der Waals surface area (Å²) in [6, 6.07) is -1.76. The van der Waals surface area contributed by atoms with Crippen molar-refractivity contribution in [3.8, 4) is 0 Å². The molecule has 0 aromatic carbocycles. The molecule has 18 heavy (non-hydrogen) atoms. The zero-order valence-corrected chi connectivity index (χ0v) is 10.7. The van der Waals surface area contributed by atoms with Crippen molar-refractivity contribution in [3.05, 3.63) is 0 Å². The summed E-state index contributed by atoms with van der Waals surface area (Å²) in [7, 11) is 2.79. The predicted octanol–water partition coefficient (Wildman–Crippen LogP) is -1.14. The Bertz CT molecular complexity index is 308. The molecule has 8 heteroatoms. The van der Waals surface area contributed by atoms with Crippen LogP contribution in [0, 0.1) is 0 Å². The average molecular weight is 261 g/mol. The predicted molar refractivity (Wildman–Crippen MR) is 63.1 cm³/mol. The van der Waals surface area contributed by atoms with E-state index < -0.39 is 18.0 Å². The van der Waals surface area contributed by atoms with Gasteiger partial charge in [0.1, 0.15) is 6.54 Å². The summed E-state index contributed by atoms with van der Waals surface area (Å²) in [4.78, 5) is 34.9. The van der Waals surface area contributed by atoms with Crippen molar-refractivity contribution >= 4 is 17.9 Å². The summed E-state index contributed by atoms with van der Waals surface area (Å²) in [6.07, 6.45) is 0. The fraction of sp³-hybridized carbons (Fsp3) is 0.700. The largest absolute Gasteiger partial charge is 0.480 e. The molecule has 0 saturated carbocycles. The van der Waals surface area contributed by atoms with Gasteiger partial charge in [-0.15, -0.1) is 0 Å². The fourth-order valence-corrected chi connectivity index (χ4v) is 1.16. The highest BCUT2D eigenvalue weighted by Gasteiger charge is 2.23. The van der Waals surface area contributed by atoms with E-state index in [-0.39, 0.29) is 19.1 Å². The highest BCUT2D eigenvalue weighted by Crippen LogP contribution is 1.93. The molecule has 0 heterocycles. The molecule has 3 amide bonds. The number of carboxylic acid groups (broad SMARTS) is 1. The summed E-state index contributed by atoms with van der Waals surface area (Å²) in [6.45, 7) is 1.71. The van der Waals surface area contributed by atoms with Crippen molar-refractivity contribution < 1.29 is 24.2 Å². The Kier molecular flexibility index (Phi) is 7.45. The van der Waals surface area contributed by atoms with Crippen LogP contribution in [0.4, 0.5) is 4.79 Å². The average Bonchev–Trinajstić information content (AvgIpc) is 2.34. The van der Waals surface area contributed by atoms with E-state index in [0.717, 1.165) is 0 Å². The van der Waals surface area contributed by atoms with Gasteiger partial charge in [-0.05, 0) is 6.92 Å². The van der Waals surface area contributed by atoms with Gasteiger partial charge in [-0.25, -0.2) is 9.59 Å². The number of hydrogen-bond donors (Lipinski definition) is 3. The van der Waals surface area contributed by atoms with Crippen LogP contribution in [0.2, 0.25) is 0 Å². The minimum absolute atomic E-state index is 0.127.